The molecule has 8 nitrogen and oxygen atoms in total. The van der Waals surface area contributed by atoms with Crippen LogP contribution >= 0.6 is 0 Å². The first-order chi connectivity index (χ1) is 16.3. The Balaban J connectivity index is 1.61. The van der Waals surface area contributed by atoms with Gasteiger partial charge in [-0.3, -0.25) is 4.79 Å². The van der Waals surface area contributed by atoms with Crippen LogP contribution in [0.5, 0.6) is 0 Å². The van der Waals surface area contributed by atoms with Crippen LogP contribution in [0.25, 0.3) is 11.1 Å². The monoisotopic (exact) mass is 468 g/mol. The number of fused-ring (bicyclic) bond motifs is 3. The van der Waals surface area contributed by atoms with Crippen LogP contribution in [0.2, 0.25) is 0 Å². The van der Waals surface area contributed by atoms with Crippen molar-refractivity contribution >= 4 is 18.0 Å². The lowest BCUT2D eigenvalue weighted by molar-refractivity contribution is -0.147. The van der Waals surface area contributed by atoms with E-state index in [9.17, 15) is 19.5 Å². The zero-order chi connectivity index (χ0) is 24.7. The SMILES string of the molecule is CCC(C)CC(NC(=O)OCC1c2ccccc2-c2ccccc21)C(=O)NCC[C@H](O)C(=O)O. The quantitative estimate of drug-likeness (QED) is 0.401. The lowest BCUT2D eigenvalue weighted by Crippen LogP contribution is -2.48. The molecule has 1 aliphatic carbocycles. The van der Waals surface area contributed by atoms with Crippen molar-refractivity contribution in [2.45, 2.75) is 51.2 Å². The van der Waals surface area contributed by atoms with E-state index in [4.69, 9.17) is 9.84 Å². The fourth-order valence-corrected chi connectivity index (χ4v) is 4.16. The van der Waals surface area contributed by atoms with Crippen LogP contribution < -0.4 is 10.6 Å². The van der Waals surface area contributed by atoms with E-state index in [0.29, 0.717) is 6.42 Å². The molecule has 0 bridgehead atoms. The number of rotatable bonds is 11. The first kappa shape index (κ1) is 25.2. The number of nitrogens with one attached hydrogen (secondary N) is 2. The molecule has 0 saturated heterocycles. The van der Waals surface area contributed by atoms with Crippen molar-refractivity contribution in [3.8, 4) is 11.1 Å². The van der Waals surface area contributed by atoms with E-state index in [2.05, 4.69) is 22.8 Å². The number of hydrogen-bond donors (Lipinski definition) is 4. The Morgan fingerprint density at radius 3 is 2.18 bits per heavy atom. The summed E-state index contributed by atoms with van der Waals surface area (Å²) in [5.74, 6) is -1.69. The molecule has 4 N–H and O–H groups in total. The van der Waals surface area contributed by atoms with Crippen molar-refractivity contribution in [1.29, 1.82) is 0 Å². The third-order valence-electron chi connectivity index (χ3n) is 6.29. The number of carbonyl (C=O) groups is 3. The molecule has 2 unspecified atom stereocenters. The number of ether oxygens (including phenoxy) is 1. The Bertz CT molecular complexity index is 978. The highest BCUT2D eigenvalue weighted by atomic mass is 16.5. The van der Waals surface area contributed by atoms with Gasteiger partial charge in [0.15, 0.2) is 6.10 Å². The highest BCUT2D eigenvalue weighted by Crippen LogP contribution is 2.44. The van der Waals surface area contributed by atoms with Gasteiger partial charge in [0.1, 0.15) is 12.6 Å². The maximum Gasteiger partial charge on any atom is 0.407 e. The molecule has 1 aliphatic rings. The number of amides is 2. The molecule has 2 amide bonds. The Morgan fingerprint density at radius 1 is 1.03 bits per heavy atom. The summed E-state index contributed by atoms with van der Waals surface area (Å²) in [7, 11) is 0. The number of benzene rings is 2. The number of carboxylic acid groups (broad SMARTS) is 1. The van der Waals surface area contributed by atoms with Gasteiger partial charge in [0, 0.05) is 18.9 Å². The number of hydrogen-bond acceptors (Lipinski definition) is 5. The second kappa shape index (κ2) is 11.7. The van der Waals surface area contributed by atoms with E-state index in [0.717, 1.165) is 28.7 Å². The van der Waals surface area contributed by atoms with Crippen molar-refractivity contribution in [1.82, 2.24) is 10.6 Å². The average molecular weight is 469 g/mol. The van der Waals surface area contributed by atoms with Crippen LogP contribution in [-0.4, -0.2) is 53.5 Å². The van der Waals surface area contributed by atoms with Gasteiger partial charge < -0.3 is 25.6 Å². The van der Waals surface area contributed by atoms with Gasteiger partial charge in [-0.25, -0.2) is 9.59 Å². The zero-order valence-corrected chi connectivity index (χ0v) is 19.5. The van der Waals surface area contributed by atoms with Crippen LogP contribution in [0.3, 0.4) is 0 Å². The maximum absolute atomic E-state index is 12.7. The predicted octanol–water partition coefficient (Wildman–Crippen LogP) is 3.28. The minimum Gasteiger partial charge on any atom is -0.479 e. The molecule has 182 valence electrons. The summed E-state index contributed by atoms with van der Waals surface area (Å²) in [6.07, 6.45) is -1.12. The van der Waals surface area contributed by atoms with E-state index in [-0.39, 0.29) is 31.4 Å². The molecule has 0 aliphatic heterocycles. The van der Waals surface area contributed by atoms with Crippen LogP contribution in [0.4, 0.5) is 4.79 Å². The summed E-state index contributed by atoms with van der Waals surface area (Å²) >= 11 is 0. The Kier molecular flexibility index (Phi) is 8.65. The van der Waals surface area contributed by atoms with E-state index in [1.165, 1.54) is 0 Å². The second-order valence-corrected chi connectivity index (χ2v) is 8.71. The molecule has 3 rings (SSSR count). The summed E-state index contributed by atoms with van der Waals surface area (Å²) in [6, 6.07) is 15.3. The summed E-state index contributed by atoms with van der Waals surface area (Å²) in [6.45, 7) is 4.10. The normalized spacial score (nSPS) is 14.9. The summed E-state index contributed by atoms with van der Waals surface area (Å²) in [5.41, 5.74) is 4.46. The smallest absolute Gasteiger partial charge is 0.407 e. The molecule has 0 aromatic heterocycles. The number of aliphatic hydroxyl groups is 1. The summed E-state index contributed by atoms with van der Waals surface area (Å²) in [5, 5.41) is 23.4. The Hall–Kier alpha value is -3.39. The molecule has 8 heteroatoms. The third kappa shape index (κ3) is 6.14. The number of alkyl carbamates (subject to hydrolysis) is 1. The van der Waals surface area contributed by atoms with Gasteiger partial charge in [-0.2, -0.15) is 0 Å². The van der Waals surface area contributed by atoms with Crippen LogP contribution in [0, 0.1) is 5.92 Å². The van der Waals surface area contributed by atoms with Crippen LogP contribution in [-0.2, 0) is 14.3 Å². The maximum atomic E-state index is 12.7. The van der Waals surface area contributed by atoms with Crippen molar-refractivity contribution < 1.29 is 29.3 Å². The minimum atomic E-state index is -1.55. The third-order valence-corrected chi connectivity index (χ3v) is 6.29. The minimum absolute atomic E-state index is 0.0182. The molecule has 2 aromatic carbocycles. The van der Waals surface area contributed by atoms with Gasteiger partial charge in [-0.1, -0.05) is 68.8 Å². The topological polar surface area (TPSA) is 125 Å². The molecule has 0 spiro atoms. The lowest BCUT2D eigenvalue weighted by atomic mass is 9.98. The molecule has 0 saturated carbocycles. The Morgan fingerprint density at radius 2 is 1.62 bits per heavy atom. The van der Waals surface area contributed by atoms with E-state index in [1.54, 1.807) is 0 Å². The van der Waals surface area contributed by atoms with E-state index < -0.39 is 30.1 Å². The van der Waals surface area contributed by atoms with Crippen molar-refractivity contribution in [2.24, 2.45) is 5.92 Å². The zero-order valence-electron chi connectivity index (χ0n) is 19.5. The predicted molar refractivity (Wildman–Crippen MR) is 127 cm³/mol. The Labute approximate surface area is 199 Å². The number of aliphatic carboxylic acids is 1. The first-order valence-electron chi connectivity index (χ1n) is 11.6. The first-order valence-corrected chi connectivity index (χ1v) is 11.6. The summed E-state index contributed by atoms with van der Waals surface area (Å²) < 4.78 is 5.56. The second-order valence-electron chi connectivity index (χ2n) is 8.71. The highest BCUT2D eigenvalue weighted by molar-refractivity contribution is 5.86. The fourth-order valence-electron chi connectivity index (χ4n) is 4.16. The highest BCUT2D eigenvalue weighted by Gasteiger charge is 2.30. The molecule has 0 heterocycles. The van der Waals surface area contributed by atoms with Crippen molar-refractivity contribution in [2.75, 3.05) is 13.2 Å². The number of aliphatic hydroxyl groups excluding tert-OH is 1. The average Bonchev–Trinajstić information content (AvgIpc) is 3.15. The van der Waals surface area contributed by atoms with Gasteiger partial charge in [-0.05, 0) is 34.6 Å². The van der Waals surface area contributed by atoms with Gasteiger partial charge >= 0.3 is 12.1 Å². The molecule has 3 atom stereocenters. The summed E-state index contributed by atoms with van der Waals surface area (Å²) in [4.78, 5) is 36.0. The van der Waals surface area contributed by atoms with Crippen LogP contribution in [0.15, 0.2) is 48.5 Å². The van der Waals surface area contributed by atoms with Crippen molar-refractivity contribution in [3.63, 3.8) is 0 Å². The molecule has 2 aromatic rings. The molecule has 34 heavy (non-hydrogen) atoms. The lowest BCUT2D eigenvalue weighted by Gasteiger charge is -2.22. The number of carboxylic acids is 1. The van der Waals surface area contributed by atoms with Gasteiger partial charge in [0.25, 0.3) is 0 Å². The van der Waals surface area contributed by atoms with E-state index >= 15 is 0 Å². The van der Waals surface area contributed by atoms with Gasteiger partial charge in [-0.15, -0.1) is 0 Å². The molecule has 0 radical (unpaired) electrons. The number of carbonyl (C=O) groups excluding carboxylic acids is 2. The van der Waals surface area contributed by atoms with Crippen molar-refractivity contribution in [3.05, 3.63) is 59.7 Å². The largest absolute Gasteiger partial charge is 0.479 e. The standard InChI is InChI=1S/C26H32N2O6/c1-3-16(2)14-22(24(30)27-13-12-23(29)25(31)32)28-26(33)34-15-21-19-10-6-4-8-17(19)18-9-5-7-11-20(18)21/h4-11,16,21-23,29H,3,12-15H2,1-2H3,(H,27,30)(H,28,33)(H,31,32)/t16?,22?,23-/m0/s1. The molecule has 0 fully saturated rings. The van der Waals surface area contributed by atoms with E-state index in [1.807, 2.05) is 50.2 Å². The molecular weight excluding hydrogens is 436 g/mol. The van der Waals surface area contributed by atoms with Gasteiger partial charge in [0.05, 0.1) is 0 Å². The fraction of sp³-hybridized carbons (Fsp3) is 0.423. The van der Waals surface area contributed by atoms with Crippen LogP contribution in [0.1, 0.15) is 50.2 Å². The molecular formula is C26H32N2O6. The van der Waals surface area contributed by atoms with Gasteiger partial charge in [0.2, 0.25) is 5.91 Å².